The number of anilines is 2. The molecule has 2 N–H and O–H groups in total. The zero-order chi connectivity index (χ0) is 25.8. The minimum atomic E-state index is -0.762. The van der Waals surface area contributed by atoms with Gasteiger partial charge in [0.2, 0.25) is 11.8 Å². The number of aryl methyl sites for hydroxylation is 2. The molecule has 0 radical (unpaired) electrons. The van der Waals surface area contributed by atoms with E-state index in [0.29, 0.717) is 40.8 Å². The largest absolute Gasteiger partial charge is 0.325 e. The Bertz CT molecular complexity index is 1510. The number of hydrogen-bond acceptors (Lipinski definition) is 4. The lowest BCUT2D eigenvalue weighted by Gasteiger charge is -2.22. The smallest absolute Gasteiger partial charge is 0.278 e. The van der Waals surface area contributed by atoms with Crippen LogP contribution in [0.5, 0.6) is 0 Å². The maximum absolute atomic E-state index is 14.0. The molecule has 0 aliphatic rings. The Hall–Kier alpha value is -4.26. The van der Waals surface area contributed by atoms with Gasteiger partial charge in [-0.3, -0.25) is 19.0 Å². The summed E-state index contributed by atoms with van der Waals surface area (Å²) in [4.78, 5) is 44.3. The van der Waals surface area contributed by atoms with Crippen molar-refractivity contribution in [1.29, 1.82) is 0 Å². The van der Waals surface area contributed by atoms with Crippen molar-refractivity contribution >= 4 is 34.2 Å². The van der Waals surface area contributed by atoms with Crippen LogP contribution in [-0.4, -0.2) is 21.4 Å². The summed E-state index contributed by atoms with van der Waals surface area (Å²) >= 11 is 0. The molecule has 36 heavy (non-hydrogen) atoms. The summed E-state index contributed by atoms with van der Waals surface area (Å²) in [6.07, 6.45) is 0.707. The molecule has 1 aromatic heterocycles. The van der Waals surface area contributed by atoms with Gasteiger partial charge in [0, 0.05) is 17.7 Å². The number of aromatic nitrogens is 2. The molecule has 2 amide bonds. The molecule has 7 heteroatoms. The quantitative estimate of drug-likeness (QED) is 0.358. The molecule has 0 aliphatic heterocycles. The highest BCUT2D eigenvalue weighted by atomic mass is 16.2. The second kappa shape index (κ2) is 10.6. The Morgan fingerprint density at radius 3 is 2.36 bits per heavy atom. The van der Waals surface area contributed by atoms with Crippen molar-refractivity contribution in [2.75, 3.05) is 10.6 Å². The van der Waals surface area contributed by atoms with E-state index in [1.54, 1.807) is 37.3 Å². The van der Waals surface area contributed by atoms with Gasteiger partial charge in [-0.15, -0.1) is 0 Å². The molecule has 0 spiro atoms. The molecule has 4 rings (SSSR count). The van der Waals surface area contributed by atoms with Crippen LogP contribution in [0.15, 0.2) is 71.5 Å². The number of rotatable bonds is 7. The number of fused-ring (bicyclic) bond motifs is 1. The van der Waals surface area contributed by atoms with Crippen LogP contribution in [0, 0.1) is 13.8 Å². The molecule has 0 saturated heterocycles. The number of carbonyl (C=O) groups excluding carboxylic acids is 2. The topological polar surface area (TPSA) is 93.1 Å². The fraction of sp³-hybridized carbons (Fsp3) is 0.241. The lowest BCUT2D eigenvalue weighted by atomic mass is 10.1. The van der Waals surface area contributed by atoms with Crippen molar-refractivity contribution in [2.45, 2.75) is 46.6 Å². The van der Waals surface area contributed by atoms with Crippen molar-refractivity contribution in [3.8, 4) is 11.3 Å². The summed E-state index contributed by atoms with van der Waals surface area (Å²) in [6, 6.07) is 19.4. The molecular weight excluding hydrogens is 452 g/mol. The van der Waals surface area contributed by atoms with E-state index < -0.39 is 11.6 Å². The highest BCUT2D eigenvalue weighted by Gasteiger charge is 2.25. The first-order valence-corrected chi connectivity index (χ1v) is 12.1. The van der Waals surface area contributed by atoms with E-state index in [-0.39, 0.29) is 17.5 Å². The lowest BCUT2D eigenvalue weighted by Crippen LogP contribution is -2.34. The van der Waals surface area contributed by atoms with Crippen LogP contribution < -0.4 is 16.2 Å². The standard InChI is InChI=1S/C29H30N4O3/c1-5-24(28(35)32-21-16-15-18(3)17-19(21)4)33-25-14-10-9-13-23(25)31-27(29(33)36)20-11-7-8-12-22(20)30-26(34)6-2/h7-17,24H,5-6H2,1-4H3,(H,30,34)(H,32,35)/t24-/m1/s1. The highest BCUT2D eigenvalue weighted by molar-refractivity contribution is 5.97. The molecule has 1 atom stereocenters. The van der Waals surface area contributed by atoms with Gasteiger partial charge in [-0.05, 0) is 50.1 Å². The zero-order valence-corrected chi connectivity index (χ0v) is 21.0. The molecule has 0 aliphatic carbocycles. The second-order valence-corrected chi connectivity index (χ2v) is 8.80. The van der Waals surface area contributed by atoms with Crippen molar-refractivity contribution in [3.05, 3.63) is 88.2 Å². The fourth-order valence-corrected chi connectivity index (χ4v) is 4.33. The maximum atomic E-state index is 14.0. The number of nitrogens with zero attached hydrogens (tertiary/aromatic N) is 2. The molecule has 184 valence electrons. The van der Waals surface area contributed by atoms with E-state index >= 15 is 0 Å². The van der Waals surface area contributed by atoms with Gasteiger partial charge in [0.1, 0.15) is 11.7 Å². The van der Waals surface area contributed by atoms with E-state index in [4.69, 9.17) is 0 Å². The van der Waals surface area contributed by atoms with E-state index in [1.807, 2.05) is 57.2 Å². The third-order valence-electron chi connectivity index (χ3n) is 6.21. The van der Waals surface area contributed by atoms with Crippen LogP contribution in [0.25, 0.3) is 22.3 Å². The molecular formula is C29H30N4O3. The summed E-state index contributed by atoms with van der Waals surface area (Å²) in [5.41, 5.74) is 4.72. The van der Waals surface area contributed by atoms with Gasteiger partial charge in [0.25, 0.3) is 5.56 Å². The van der Waals surface area contributed by atoms with Crippen LogP contribution in [0.2, 0.25) is 0 Å². The highest BCUT2D eigenvalue weighted by Crippen LogP contribution is 2.28. The maximum Gasteiger partial charge on any atom is 0.278 e. The number of para-hydroxylation sites is 3. The summed E-state index contributed by atoms with van der Waals surface area (Å²) < 4.78 is 1.52. The van der Waals surface area contributed by atoms with Gasteiger partial charge in [-0.2, -0.15) is 0 Å². The first-order valence-electron chi connectivity index (χ1n) is 12.1. The molecule has 0 unspecified atom stereocenters. The Balaban J connectivity index is 1.87. The van der Waals surface area contributed by atoms with Gasteiger partial charge in [-0.1, -0.05) is 61.9 Å². The predicted octanol–water partition coefficient (Wildman–Crippen LogP) is 5.62. The minimum Gasteiger partial charge on any atom is -0.325 e. The average molecular weight is 483 g/mol. The minimum absolute atomic E-state index is 0.164. The molecule has 0 fully saturated rings. The van der Waals surface area contributed by atoms with E-state index in [1.165, 1.54) is 4.57 Å². The number of amides is 2. The first kappa shape index (κ1) is 24.9. The summed E-state index contributed by atoms with van der Waals surface area (Å²) in [7, 11) is 0. The van der Waals surface area contributed by atoms with Crippen LogP contribution in [-0.2, 0) is 9.59 Å². The Kier molecular flexibility index (Phi) is 7.29. The molecule has 4 aromatic rings. The van der Waals surface area contributed by atoms with Crippen molar-refractivity contribution in [1.82, 2.24) is 9.55 Å². The van der Waals surface area contributed by atoms with E-state index in [9.17, 15) is 14.4 Å². The van der Waals surface area contributed by atoms with Crippen molar-refractivity contribution < 1.29 is 9.59 Å². The molecule has 0 bridgehead atoms. The van der Waals surface area contributed by atoms with Crippen LogP contribution in [0.1, 0.15) is 43.9 Å². The number of nitrogens with one attached hydrogen (secondary N) is 2. The van der Waals surface area contributed by atoms with Gasteiger partial charge < -0.3 is 10.6 Å². The number of benzene rings is 3. The van der Waals surface area contributed by atoms with Gasteiger partial charge in [-0.25, -0.2) is 4.98 Å². The molecule has 3 aromatic carbocycles. The van der Waals surface area contributed by atoms with Crippen molar-refractivity contribution in [3.63, 3.8) is 0 Å². The third kappa shape index (κ3) is 4.91. The van der Waals surface area contributed by atoms with Crippen LogP contribution in [0.3, 0.4) is 0 Å². The normalized spacial score (nSPS) is 11.8. The predicted molar refractivity (Wildman–Crippen MR) is 144 cm³/mol. The molecule has 7 nitrogen and oxygen atoms in total. The average Bonchev–Trinajstić information content (AvgIpc) is 2.87. The van der Waals surface area contributed by atoms with Gasteiger partial charge >= 0.3 is 0 Å². The zero-order valence-electron chi connectivity index (χ0n) is 21.0. The van der Waals surface area contributed by atoms with E-state index in [2.05, 4.69) is 15.6 Å². The summed E-state index contributed by atoms with van der Waals surface area (Å²) in [5, 5.41) is 5.86. The Morgan fingerprint density at radius 1 is 0.917 bits per heavy atom. The van der Waals surface area contributed by atoms with Crippen LogP contribution in [0.4, 0.5) is 11.4 Å². The summed E-state index contributed by atoms with van der Waals surface area (Å²) in [5.74, 6) is -0.440. The fourth-order valence-electron chi connectivity index (χ4n) is 4.33. The second-order valence-electron chi connectivity index (χ2n) is 8.80. The lowest BCUT2D eigenvalue weighted by molar-refractivity contribution is -0.119. The monoisotopic (exact) mass is 482 g/mol. The van der Waals surface area contributed by atoms with Crippen LogP contribution >= 0.6 is 0 Å². The van der Waals surface area contributed by atoms with E-state index in [0.717, 1.165) is 11.1 Å². The first-order chi connectivity index (χ1) is 17.3. The Labute approximate surface area is 210 Å². The SMILES string of the molecule is CCC(=O)Nc1ccccc1-c1nc2ccccc2n([C@H](CC)C(=O)Nc2ccc(C)cc2C)c1=O. The van der Waals surface area contributed by atoms with Crippen molar-refractivity contribution in [2.24, 2.45) is 0 Å². The number of hydrogen-bond donors (Lipinski definition) is 2. The molecule has 1 heterocycles. The van der Waals surface area contributed by atoms with Gasteiger partial charge in [0.15, 0.2) is 0 Å². The third-order valence-corrected chi connectivity index (χ3v) is 6.21. The number of carbonyl (C=O) groups is 2. The Morgan fingerprint density at radius 2 is 1.64 bits per heavy atom. The molecule has 0 saturated carbocycles. The summed E-state index contributed by atoms with van der Waals surface area (Å²) in [6.45, 7) is 7.58. The van der Waals surface area contributed by atoms with Gasteiger partial charge in [0.05, 0.1) is 16.7 Å².